The highest BCUT2D eigenvalue weighted by Crippen LogP contribution is 2.28. The largest absolute Gasteiger partial charge is 0.349 e. The van der Waals surface area contributed by atoms with Crippen molar-refractivity contribution in [2.75, 3.05) is 13.6 Å². The molecule has 0 radical (unpaired) electrons. The number of amides is 1. The number of benzene rings is 1. The molecule has 0 saturated carbocycles. The number of hydrogen-bond acceptors (Lipinski definition) is 4. The minimum atomic E-state index is -0.587. The SMILES string of the molecule is CC1CC(NC(=O)c2cccc([N+](=O)[O-])c2Cl)CCN1C. The summed E-state index contributed by atoms with van der Waals surface area (Å²) in [7, 11) is 2.06. The minimum absolute atomic E-state index is 0.0685. The fraction of sp³-hybridized carbons (Fsp3) is 0.500. The van der Waals surface area contributed by atoms with E-state index in [2.05, 4.69) is 24.2 Å². The van der Waals surface area contributed by atoms with Crippen molar-refractivity contribution in [2.24, 2.45) is 0 Å². The number of nitro groups is 1. The number of likely N-dealkylation sites (tertiary alicyclic amines) is 1. The first-order valence-corrected chi connectivity index (χ1v) is 7.22. The summed E-state index contributed by atoms with van der Waals surface area (Å²) in [4.78, 5) is 24.8. The van der Waals surface area contributed by atoms with E-state index in [1.807, 2.05) is 0 Å². The molecular formula is C14H18ClN3O3. The zero-order valence-electron chi connectivity index (χ0n) is 12.0. The van der Waals surface area contributed by atoms with Crippen LogP contribution in [0.1, 0.15) is 30.1 Å². The number of nitrogens with one attached hydrogen (secondary N) is 1. The van der Waals surface area contributed by atoms with Gasteiger partial charge in [0.1, 0.15) is 5.02 Å². The lowest BCUT2D eigenvalue weighted by atomic mass is 9.98. The molecule has 1 aliphatic heterocycles. The average Bonchev–Trinajstić information content (AvgIpc) is 2.42. The second kappa shape index (κ2) is 6.41. The van der Waals surface area contributed by atoms with Gasteiger partial charge in [-0.05, 0) is 32.9 Å². The molecule has 1 fully saturated rings. The van der Waals surface area contributed by atoms with Crippen LogP contribution in [0.3, 0.4) is 0 Å². The molecule has 1 heterocycles. The van der Waals surface area contributed by atoms with Gasteiger partial charge >= 0.3 is 0 Å². The van der Waals surface area contributed by atoms with E-state index in [1.54, 1.807) is 0 Å². The van der Waals surface area contributed by atoms with Gasteiger partial charge in [0.2, 0.25) is 0 Å². The van der Waals surface area contributed by atoms with Crippen LogP contribution in [0.5, 0.6) is 0 Å². The molecule has 7 heteroatoms. The summed E-state index contributed by atoms with van der Waals surface area (Å²) in [6.45, 7) is 3.02. The molecular weight excluding hydrogens is 294 g/mol. The van der Waals surface area contributed by atoms with Gasteiger partial charge in [-0.15, -0.1) is 0 Å². The number of piperidine rings is 1. The summed E-state index contributed by atoms with van der Waals surface area (Å²) in [6, 6.07) is 4.72. The standard InChI is InChI=1S/C14H18ClN3O3/c1-9-8-10(6-7-17(9)2)16-14(19)11-4-3-5-12(13(11)15)18(20)21/h3-5,9-10H,6-8H2,1-2H3,(H,16,19). The highest BCUT2D eigenvalue weighted by atomic mass is 35.5. The number of carbonyl (C=O) groups excluding carboxylic acids is 1. The molecule has 0 aromatic heterocycles. The zero-order chi connectivity index (χ0) is 15.6. The molecule has 21 heavy (non-hydrogen) atoms. The molecule has 2 atom stereocenters. The first-order chi connectivity index (χ1) is 9.90. The Hall–Kier alpha value is -1.66. The first-order valence-electron chi connectivity index (χ1n) is 6.84. The Kier molecular flexibility index (Phi) is 4.80. The van der Waals surface area contributed by atoms with Crippen LogP contribution in [0.2, 0.25) is 5.02 Å². The van der Waals surface area contributed by atoms with Gasteiger partial charge in [0.25, 0.3) is 11.6 Å². The van der Waals surface area contributed by atoms with Crippen molar-refractivity contribution in [3.05, 3.63) is 38.9 Å². The zero-order valence-corrected chi connectivity index (χ0v) is 12.8. The molecule has 2 unspecified atom stereocenters. The topological polar surface area (TPSA) is 75.5 Å². The van der Waals surface area contributed by atoms with E-state index in [1.165, 1.54) is 18.2 Å². The normalized spacial score (nSPS) is 22.8. The number of hydrogen-bond donors (Lipinski definition) is 1. The first kappa shape index (κ1) is 15.7. The van der Waals surface area contributed by atoms with Crippen LogP contribution in [-0.2, 0) is 0 Å². The fourth-order valence-electron chi connectivity index (χ4n) is 2.52. The lowest BCUT2D eigenvalue weighted by molar-refractivity contribution is -0.384. The lowest BCUT2D eigenvalue weighted by Gasteiger charge is -2.35. The van der Waals surface area contributed by atoms with Crippen LogP contribution < -0.4 is 5.32 Å². The Morgan fingerprint density at radius 1 is 1.52 bits per heavy atom. The highest BCUT2D eigenvalue weighted by molar-refractivity contribution is 6.35. The third kappa shape index (κ3) is 3.51. The van der Waals surface area contributed by atoms with Crippen molar-refractivity contribution >= 4 is 23.2 Å². The van der Waals surface area contributed by atoms with E-state index in [-0.39, 0.29) is 28.2 Å². The van der Waals surface area contributed by atoms with Gasteiger partial charge in [0, 0.05) is 24.7 Å². The number of halogens is 1. The Balaban J connectivity index is 2.11. The molecule has 0 aliphatic carbocycles. The van der Waals surface area contributed by atoms with Gasteiger partial charge in [-0.1, -0.05) is 17.7 Å². The molecule has 0 spiro atoms. The maximum absolute atomic E-state index is 12.3. The number of nitro benzene ring substituents is 1. The molecule has 1 aromatic rings. The fourth-order valence-corrected chi connectivity index (χ4v) is 2.80. The van der Waals surface area contributed by atoms with Crippen LogP contribution in [0.25, 0.3) is 0 Å². The maximum atomic E-state index is 12.3. The smallest absolute Gasteiger partial charge is 0.288 e. The molecule has 1 amide bonds. The minimum Gasteiger partial charge on any atom is -0.349 e. The monoisotopic (exact) mass is 311 g/mol. The third-order valence-corrected chi connectivity index (χ3v) is 4.36. The third-order valence-electron chi connectivity index (χ3n) is 3.96. The van der Waals surface area contributed by atoms with Gasteiger partial charge in [-0.25, -0.2) is 0 Å². The second-order valence-corrected chi connectivity index (χ2v) is 5.80. The number of rotatable bonds is 3. The van der Waals surface area contributed by atoms with Crippen molar-refractivity contribution in [3.8, 4) is 0 Å². The van der Waals surface area contributed by atoms with Crippen molar-refractivity contribution in [3.63, 3.8) is 0 Å². The summed E-state index contributed by atoms with van der Waals surface area (Å²) in [5.74, 6) is -0.356. The van der Waals surface area contributed by atoms with E-state index in [0.29, 0.717) is 6.04 Å². The Morgan fingerprint density at radius 2 is 2.24 bits per heavy atom. The summed E-state index contributed by atoms with van der Waals surface area (Å²) >= 11 is 5.96. The maximum Gasteiger partial charge on any atom is 0.288 e. The summed E-state index contributed by atoms with van der Waals surface area (Å²) in [6.07, 6.45) is 1.72. The molecule has 0 bridgehead atoms. The predicted octanol–water partition coefficient (Wildman–Crippen LogP) is 2.46. The molecule has 114 valence electrons. The van der Waals surface area contributed by atoms with E-state index in [4.69, 9.17) is 11.6 Å². The molecule has 1 N–H and O–H groups in total. The van der Waals surface area contributed by atoms with Crippen molar-refractivity contribution < 1.29 is 9.72 Å². The molecule has 6 nitrogen and oxygen atoms in total. The van der Waals surface area contributed by atoms with E-state index < -0.39 is 4.92 Å². The summed E-state index contributed by atoms with van der Waals surface area (Å²) in [5, 5.41) is 13.7. The predicted molar refractivity (Wildman–Crippen MR) is 80.7 cm³/mol. The molecule has 1 aliphatic rings. The van der Waals surface area contributed by atoms with Gasteiger partial charge in [-0.3, -0.25) is 14.9 Å². The quantitative estimate of drug-likeness (QED) is 0.687. The van der Waals surface area contributed by atoms with Gasteiger partial charge < -0.3 is 10.2 Å². The van der Waals surface area contributed by atoms with Crippen LogP contribution in [0.4, 0.5) is 5.69 Å². The van der Waals surface area contributed by atoms with E-state index in [0.717, 1.165) is 19.4 Å². The van der Waals surface area contributed by atoms with Crippen molar-refractivity contribution in [1.29, 1.82) is 0 Å². The lowest BCUT2D eigenvalue weighted by Crippen LogP contribution is -2.47. The average molecular weight is 312 g/mol. The van der Waals surface area contributed by atoms with Gasteiger partial charge in [-0.2, -0.15) is 0 Å². The van der Waals surface area contributed by atoms with E-state index in [9.17, 15) is 14.9 Å². The van der Waals surface area contributed by atoms with Crippen LogP contribution in [0.15, 0.2) is 18.2 Å². The highest BCUT2D eigenvalue weighted by Gasteiger charge is 2.26. The molecule has 1 saturated heterocycles. The molecule has 1 aromatic carbocycles. The second-order valence-electron chi connectivity index (χ2n) is 5.42. The summed E-state index contributed by atoms with van der Waals surface area (Å²) in [5.41, 5.74) is -0.0986. The van der Waals surface area contributed by atoms with Crippen molar-refractivity contribution in [1.82, 2.24) is 10.2 Å². The van der Waals surface area contributed by atoms with Crippen LogP contribution >= 0.6 is 11.6 Å². The Morgan fingerprint density at radius 3 is 2.86 bits per heavy atom. The van der Waals surface area contributed by atoms with Gasteiger partial charge in [0.05, 0.1) is 10.5 Å². The van der Waals surface area contributed by atoms with Crippen LogP contribution in [-0.4, -0.2) is 41.4 Å². The molecule has 2 rings (SSSR count). The Bertz CT molecular complexity index is 564. The van der Waals surface area contributed by atoms with Crippen molar-refractivity contribution in [2.45, 2.75) is 31.8 Å². The number of carbonyl (C=O) groups is 1. The number of nitrogens with zero attached hydrogens (tertiary/aromatic N) is 2. The van der Waals surface area contributed by atoms with Gasteiger partial charge in [0.15, 0.2) is 0 Å². The van der Waals surface area contributed by atoms with Crippen LogP contribution in [0, 0.1) is 10.1 Å². The van der Waals surface area contributed by atoms with E-state index >= 15 is 0 Å². The summed E-state index contributed by atoms with van der Waals surface area (Å²) < 4.78 is 0. The Labute approximate surface area is 128 Å².